The first kappa shape index (κ1) is 27.3. The van der Waals surface area contributed by atoms with E-state index in [0.29, 0.717) is 11.6 Å². The number of anilines is 1. The first-order chi connectivity index (χ1) is 19.1. The SMILES string of the molecule is COC(=O)CC[C@H]1CN(S(=O)(=O)c2cccc(C(F)(F)F)c2)c2cc(/C=C/c3cccn4ccnc34)ccc2O1. The van der Waals surface area contributed by atoms with E-state index in [1.807, 2.05) is 35.0 Å². The van der Waals surface area contributed by atoms with E-state index in [9.17, 15) is 26.4 Å². The Balaban J connectivity index is 1.53. The molecule has 3 heterocycles. The Kier molecular flexibility index (Phi) is 7.28. The second-order valence-electron chi connectivity index (χ2n) is 9.10. The summed E-state index contributed by atoms with van der Waals surface area (Å²) in [6.45, 7) is -0.205. The number of sulfonamides is 1. The summed E-state index contributed by atoms with van der Waals surface area (Å²) < 4.78 is 81.2. The van der Waals surface area contributed by atoms with Gasteiger partial charge < -0.3 is 13.9 Å². The molecule has 2 aromatic carbocycles. The third kappa shape index (κ3) is 5.53. The maximum Gasteiger partial charge on any atom is 0.416 e. The van der Waals surface area contributed by atoms with Crippen LogP contribution < -0.4 is 9.04 Å². The second-order valence-corrected chi connectivity index (χ2v) is 11.0. The number of benzene rings is 2. The van der Waals surface area contributed by atoms with Crippen molar-refractivity contribution < 1.29 is 35.9 Å². The Labute approximate surface area is 228 Å². The molecular weight excluding hydrogens is 547 g/mol. The lowest BCUT2D eigenvalue weighted by atomic mass is 10.1. The van der Waals surface area contributed by atoms with Crippen molar-refractivity contribution >= 4 is 39.5 Å². The molecule has 1 atom stereocenters. The fraction of sp³-hybridized carbons (Fsp3) is 0.214. The molecule has 0 amide bonds. The van der Waals surface area contributed by atoms with Crippen molar-refractivity contribution in [3.05, 3.63) is 89.9 Å². The molecule has 2 aromatic heterocycles. The molecule has 12 heteroatoms. The monoisotopic (exact) mass is 571 g/mol. The first-order valence-corrected chi connectivity index (χ1v) is 13.7. The average molecular weight is 572 g/mol. The zero-order valence-corrected chi connectivity index (χ0v) is 22.0. The van der Waals surface area contributed by atoms with Gasteiger partial charge >= 0.3 is 12.1 Å². The van der Waals surface area contributed by atoms with E-state index in [1.165, 1.54) is 7.11 Å². The molecule has 0 unspecified atom stereocenters. The lowest BCUT2D eigenvalue weighted by Gasteiger charge is -2.35. The summed E-state index contributed by atoms with van der Waals surface area (Å²) in [7, 11) is -3.20. The van der Waals surface area contributed by atoms with Crippen molar-refractivity contribution in [1.29, 1.82) is 0 Å². The highest BCUT2D eigenvalue weighted by Gasteiger charge is 2.37. The van der Waals surface area contributed by atoms with Crippen LogP contribution in [0.25, 0.3) is 17.8 Å². The van der Waals surface area contributed by atoms with Crippen LogP contribution in [0.2, 0.25) is 0 Å². The van der Waals surface area contributed by atoms with Gasteiger partial charge in [-0.1, -0.05) is 24.3 Å². The molecular formula is C28H24F3N3O5S. The number of pyridine rings is 1. The Morgan fingerprint density at radius 2 is 1.95 bits per heavy atom. The highest BCUT2D eigenvalue weighted by atomic mass is 32.2. The summed E-state index contributed by atoms with van der Waals surface area (Å²) in [6, 6.07) is 12.3. The summed E-state index contributed by atoms with van der Waals surface area (Å²) in [5.41, 5.74) is 1.30. The van der Waals surface area contributed by atoms with Crippen LogP contribution >= 0.6 is 0 Å². The molecule has 1 aliphatic heterocycles. The predicted octanol–water partition coefficient (Wildman–Crippen LogP) is 5.43. The van der Waals surface area contributed by atoms with E-state index in [0.717, 1.165) is 33.7 Å². The van der Waals surface area contributed by atoms with E-state index in [2.05, 4.69) is 9.72 Å². The number of rotatable bonds is 7. The number of esters is 1. The van der Waals surface area contributed by atoms with Gasteiger partial charge in [0.1, 0.15) is 17.5 Å². The fourth-order valence-corrected chi connectivity index (χ4v) is 5.98. The number of nitrogens with zero attached hydrogens (tertiary/aromatic N) is 3. The van der Waals surface area contributed by atoms with Crippen LogP contribution in [-0.2, 0) is 25.7 Å². The number of hydrogen-bond acceptors (Lipinski definition) is 6. The van der Waals surface area contributed by atoms with Crippen molar-refractivity contribution in [3.63, 3.8) is 0 Å². The Bertz CT molecular complexity index is 1700. The maximum atomic E-state index is 13.8. The summed E-state index contributed by atoms with van der Waals surface area (Å²) >= 11 is 0. The zero-order valence-electron chi connectivity index (χ0n) is 21.2. The Morgan fingerprint density at radius 3 is 2.73 bits per heavy atom. The summed E-state index contributed by atoms with van der Waals surface area (Å²) in [6.07, 6.45) is 3.65. The van der Waals surface area contributed by atoms with Gasteiger partial charge in [0.15, 0.2) is 0 Å². The molecule has 0 N–H and O–H groups in total. The average Bonchev–Trinajstić information content (AvgIpc) is 3.43. The Morgan fingerprint density at radius 1 is 1.12 bits per heavy atom. The molecule has 0 bridgehead atoms. The minimum Gasteiger partial charge on any atom is -0.486 e. The Hall–Kier alpha value is -4.32. The summed E-state index contributed by atoms with van der Waals surface area (Å²) in [5.74, 6) is -0.265. The van der Waals surface area contributed by atoms with Crippen LogP contribution in [-0.4, -0.2) is 43.5 Å². The van der Waals surface area contributed by atoms with Crippen LogP contribution in [0.5, 0.6) is 5.75 Å². The lowest BCUT2D eigenvalue weighted by molar-refractivity contribution is -0.141. The van der Waals surface area contributed by atoms with Gasteiger partial charge in [-0.25, -0.2) is 13.4 Å². The van der Waals surface area contributed by atoms with E-state index in [1.54, 1.807) is 30.5 Å². The number of fused-ring (bicyclic) bond motifs is 2. The topological polar surface area (TPSA) is 90.2 Å². The van der Waals surface area contributed by atoms with Gasteiger partial charge in [0.25, 0.3) is 10.0 Å². The van der Waals surface area contributed by atoms with Gasteiger partial charge in [-0.15, -0.1) is 0 Å². The number of methoxy groups -OCH3 is 1. The van der Waals surface area contributed by atoms with Crippen molar-refractivity contribution in [2.45, 2.75) is 30.0 Å². The maximum absolute atomic E-state index is 13.8. The molecule has 0 saturated carbocycles. The largest absolute Gasteiger partial charge is 0.486 e. The number of imidazole rings is 1. The minimum absolute atomic E-state index is 0.0198. The van der Waals surface area contributed by atoms with Crippen LogP contribution in [0, 0.1) is 0 Å². The predicted molar refractivity (Wildman–Crippen MR) is 142 cm³/mol. The van der Waals surface area contributed by atoms with Gasteiger partial charge in [0.05, 0.1) is 29.8 Å². The highest BCUT2D eigenvalue weighted by molar-refractivity contribution is 7.92. The molecule has 0 spiro atoms. The number of hydrogen-bond donors (Lipinski definition) is 0. The summed E-state index contributed by atoms with van der Waals surface area (Å²) in [4.78, 5) is 15.5. The third-order valence-electron chi connectivity index (χ3n) is 6.47. The third-order valence-corrected chi connectivity index (χ3v) is 8.24. The van der Waals surface area contributed by atoms with Crippen LogP contribution in [0.1, 0.15) is 29.5 Å². The highest BCUT2D eigenvalue weighted by Crippen LogP contribution is 2.40. The van der Waals surface area contributed by atoms with Crippen molar-refractivity contribution in [3.8, 4) is 5.75 Å². The molecule has 208 valence electrons. The molecule has 4 aromatic rings. The number of alkyl halides is 3. The quantitative estimate of drug-likeness (QED) is 0.275. The number of aromatic nitrogens is 2. The lowest BCUT2D eigenvalue weighted by Crippen LogP contribution is -2.43. The molecule has 0 aliphatic carbocycles. The fourth-order valence-electron chi connectivity index (χ4n) is 4.44. The van der Waals surface area contributed by atoms with E-state index >= 15 is 0 Å². The smallest absolute Gasteiger partial charge is 0.416 e. The second kappa shape index (κ2) is 10.7. The van der Waals surface area contributed by atoms with Crippen LogP contribution in [0.3, 0.4) is 0 Å². The molecule has 8 nitrogen and oxygen atoms in total. The normalized spacial score (nSPS) is 15.7. The molecule has 0 radical (unpaired) electrons. The van der Waals surface area contributed by atoms with E-state index in [4.69, 9.17) is 4.74 Å². The summed E-state index contributed by atoms with van der Waals surface area (Å²) in [5, 5.41) is 0. The number of ether oxygens (including phenoxy) is 2. The molecule has 1 aliphatic rings. The zero-order chi connectivity index (χ0) is 28.5. The van der Waals surface area contributed by atoms with Gasteiger partial charge in [0.2, 0.25) is 0 Å². The molecule has 40 heavy (non-hydrogen) atoms. The van der Waals surface area contributed by atoms with Crippen LogP contribution in [0.4, 0.5) is 18.9 Å². The van der Waals surface area contributed by atoms with E-state index < -0.39 is 38.7 Å². The van der Waals surface area contributed by atoms with Gasteiger partial charge in [-0.05, 0) is 54.4 Å². The number of carbonyl (C=O) groups excluding carboxylic acids is 1. The molecule has 0 saturated heterocycles. The number of halogens is 3. The molecule has 5 rings (SSSR count). The van der Waals surface area contributed by atoms with Crippen molar-refractivity contribution in [1.82, 2.24) is 9.38 Å². The van der Waals surface area contributed by atoms with Gasteiger partial charge in [0, 0.05) is 30.6 Å². The first-order valence-electron chi connectivity index (χ1n) is 12.2. The van der Waals surface area contributed by atoms with E-state index in [-0.39, 0.29) is 30.8 Å². The number of carbonyl (C=O) groups is 1. The van der Waals surface area contributed by atoms with Gasteiger partial charge in [-0.2, -0.15) is 13.2 Å². The van der Waals surface area contributed by atoms with Gasteiger partial charge in [-0.3, -0.25) is 9.10 Å². The minimum atomic E-state index is -4.72. The van der Waals surface area contributed by atoms with Crippen molar-refractivity contribution in [2.24, 2.45) is 0 Å². The molecule has 0 fully saturated rings. The standard InChI is InChI=1S/C28H24F3N3O5S/c1-38-26(35)12-10-22-18-34(40(36,37)23-6-2-5-21(17-23)28(29,30)31)24-16-19(8-11-25(24)39-22)7-9-20-4-3-14-33-15-13-32-27(20)33/h2-9,11,13-17,22H,10,12,18H2,1H3/b9-7+/t22-/m0/s1. The van der Waals surface area contributed by atoms with Crippen molar-refractivity contribution in [2.75, 3.05) is 18.0 Å². The van der Waals surface area contributed by atoms with Crippen LogP contribution in [0.15, 0.2) is 78.1 Å².